The molecular weight excluding hydrogens is 431 g/mol. The van der Waals surface area contributed by atoms with Crippen molar-refractivity contribution in [2.45, 2.75) is 13.3 Å². The molecular formula is C22H21FN6O4. The molecule has 10 nitrogen and oxygen atoms in total. The third kappa shape index (κ3) is 5.26. The number of ether oxygens (including phenoxy) is 3. The molecule has 2 aromatic heterocycles. The number of hydrogen-bond acceptors (Lipinski definition) is 7. The maximum absolute atomic E-state index is 13.3. The molecule has 0 aliphatic rings. The van der Waals surface area contributed by atoms with E-state index >= 15 is 0 Å². The Morgan fingerprint density at radius 1 is 1.03 bits per heavy atom. The third-order valence-corrected chi connectivity index (χ3v) is 4.59. The number of nitrogens with zero attached hydrogens (tertiary/aromatic N) is 5. The third-order valence-electron chi connectivity index (χ3n) is 4.59. The van der Waals surface area contributed by atoms with Crippen LogP contribution >= 0.6 is 0 Å². The minimum atomic E-state index is -0.480. The zero-order chi connectivity index (χ0) is 23.2. The number of carbonyl (C=O) groups is 1. The number of methoxy groups -OCH3 is 2. The highest BCUT2D eigenvalue weighted by Gasteiger charge is 2.15. The van der Waals surface area contributed by atoms with Crippen molar-refractivity contribution in [3.63, 3.8) is 0 Å². The van der Waals surface area contributed by atoms with E-state index in [1.54, 1.807) is 42.6 Å². The first kappa shape index (κ1) is 21.8. The lowest BCUT2D eigenvalue weighted by atomic mass is 10.2. The van der Waals surface area contributed by atoms with Crippen LogP contribution in [0.2, 0.25) is 0 Å². The molecule has 0 aliphatic carbocycles. The molecule has 0 spiro atoms. The Bertz CT molecular complexity index is 1230. The molecule has 0 unspecified atom stereocenters. The van der Waals surface area contributed by atoms with Crippen molar-refractivity contribution in [3.05, 3.63) is 78.1 Å². The van der Waals surface area contributed by atoms with Crippen molar-refractivity contribution in [2.24, 2.45) is 0 Å². The second-order valence-electron chi connectivity index (χ2n) is 6.86. The Morgan fingerprint density at radius 2 is 1.79 bits per heavy atom. The summed E-state index contributed by atoms with van der Waals surface area (Å²) in [6, 6.07) is 13.0. The summed E-state index contributed by atoms with van der Waals surface area (Å²) in [4.78, 5) is 16.6. The smallest absolute Gasteiger partial charge is 0.278 e. The molecule has 0 radical (unpaired) electrons. The molecule has 2 aromatic carbocycles. The van der Waals surface area contributed by atoms with Crippen molar-refractivity contribution in [2.75, 3.05) is 19.5 Å². The Kier molecular flexibility index (Phi) is 6.48. The highest BCUT2D eigenvalue weighted by Crippen LogP contribution is 2.36. The molecule has 1 N–H and O–H groups in total. The van der Waals surface area contributed by atoms with Crippen molar-refractivity contribution in [1.29, 1.82) is 0 Å². The molecule has 2 heterocycles. The quantitative estimate of drug-likeness (QED) is 0.416. The summed E-state index contributed by atoms with van der Waals surface area (Å²) in [5.74, 6) is 0.758. The maximum Gasteiger partial charge on any atom is 0.278 e. The van der Waals surface area contributed by atoms with E-state index < -0.39 is 5.91 Å². The van der Waals surface area contributed by atoms with Gasteiger partial charge in [0.05, 0.1) is 20.8 Å². The van der Waals surface area contributed by atoms with Gasteiger partial charge in [0.1, 0.15) is 12.1 Å². The SMILES string of the molecule is COc1cccc(OC)c1OCn1ccc(C(=O)Nc2ncn(Cc3cccc(F)c3)n2)n1. The van der Waals surface area contributed by atoms with Crippen LogP contribution in [0.25, 0.3) is 0 Å². The monoisotopic (exact) mass is 452 g/mol. The summed E-state index contributed by atoms with van der Waals surface area (Å²) in [7, 11) is 3.07. The second kappa shape index (κ2) is 9.81. The lowest BCUT2D eigenvalue weighted by Gasteiger charge is -2.13. The van der Waals surface area contributed by atoms with Crippen molar-refractivity contribution < 1.29 is 23.4 Å². The molecule has 1 amide bonds. The topological polar surface area (TPSA) is 105 Å². The van der Waals surface area contributed by atoms with Crippen molar-refractivity contribution >= 4 is 11.9 Å². The van der Waals surface area contributed by atoms with E-state index in [0.717, 1.165) is 5.56 Å². The van der Waals surface area contributed by atoms with Crippen LogP contribution in [0, 0.1) is 5.82 Å². The van der Waals surface area contributed by atoms with Gasteiger partial charge in [-0.3, -0.25) is 10.1 Å². The largest absolute Gasteiger partial charge is 0.493 e. The van der Waals surface area contributed by atoms with Crippen LogP contribution in [0.3, 0.4) is 0 Å². The van der Waals surface area contributed by atoms with Gasteiger partial charge >= 0.3 is 0 Å². The highest BCUT2D eigenvalue weighted by atomic mass is 19.1. The van der Waals surface area contributed by atoms with Gasteiger partial charge in [0.25, 0.3) is 5.91 Å². The molecule has 0 aliphatic heterocycles. The number of benzene rings is 2. The van der Waals surface area contributed by atoms with Gasteiger partial charge < -0.3 is 14.2 Å². The Labute approximate surface area is 188 Å². The van der Waals surface area contributed by atoms with Gasteiger partial charge in [-0.25, -0.2) is 18.7 Å². The van der Waals surface area contributed by atoms with Crippen LogP contribution in [0.5, 0.6) is 17.2 Å². The van der Waals surface area contributed by atoms with E-state index in [2.05, 4.69) is 20.5 Å². The van der Waals surface area contributed by atoms with Gasteiger partial charge in [0.2, 0.25) is 11.7 Å². The summed E-state index contributed by atoms with van der Waals surface area (Å²) < 4.78 is 32.7. The van der Waals surface area contributed by atoms with Gasteiger partial charge in [0.15, 0.2) is 23.9 Å². The fraction of sp³-hybridized carbons (Fsp3) is 0.182. The van der Waals surface area contributed by atoms with Gasteiger partial charge in [-0.2, -0.15) is 5.10 Å². The molecule has 0 bridgehead atoms. The van der Waals surface area contributed by atoms with Crippen LogP contribution in [-0.4, -0.2) is 44.7 Å². The summed E-state index contributed by atoms with van der Waals surface area (Å²) in [5.41, 5.74) is 0.885. The van der Waals surface area contributed by atoms with Crippen LogP contribution in [-0.2, 0) is 13.3 Å². The zero-order valence-corrected chi connectivity index (χ0v) is 17.9. The number of halogens is 1. The molecule has 0 atom stereocenters. The molecule has 0 saturated carbocycles. The van der Waals surface area contributed by atoms with Gasteiger partial charge in [-0.15, -0.1) is 5.10 Å². The molecule has 4 aromatic rings. The summed E-state index contributed by atoms with van der Waals surface area (Å²) in [6.07, 6.45) is 3.06. The fourth-order valence-corrected chi connectivity index (χ4v) is 3.06. The first-order chi connectivity index (χ1) is 16.1. The minimum absolute atomic E-state index is 0.0323. The standard InChI is InChI=1S/C22H21FN6O4/c1-31-18-7-4-8-19(32-2)20(18)33-14-28-10-9-17(26-28)21(30)25-22-24-13-29(27-22)12-15-5-3-6-16(23)11-15/h3-11,13H,12,14H2,1-2H3,(H,25,27,30). The van der Waals surface area contributed by atoms with Gasteiger partial charge in [-0.05, 0) is 35.9 Å². The first-order valence-corrected chi connectivity index (χ1v) is 9.88. The number of aromatic nitrogens is 5. The van der Waals surface area contributed by atoms with E-state index in [0.29, 0.717) is 23.8 Å². The Balaban J connectivity index is 1.36. The van der Waals surface area contributed by atoms with Crippen molar-refractivity contribution in [3.8, 4) is 17.2 Å². The predicted molar refractivity (Wildman–Crippen MR) is 116 cm³/mol. The highest BCUT2D eigenvalue weighted by molar-refractivity contribution is 6.01. The van der Waals surface area contributed by atoms with E-state index in [-0.39, 0.29) is 24.2 Å². The van der Waals surface area contributed by atoms with Crippen LogP contribution in [0.15, 0.2) is 61.1 Å². The number of rotatable bonds is 9. The van der Waals surface area contributed by atoms with Crippen molar-refractivity contribution in [1.82, 2.24) is 24.5 Å². The lowest BCUT2D eigenvalue weighted by molar-refractivity contribution is 0.101. The first-order valence-electron chi connectivity index (χ1n) is 9.88. The summed E-state index contributed by atoms with van der Waals surface area (Å²) in [6.45, 7) is 0.351. The summed E-state index contributed by atoms with van der Waals surface area (Å²) in [5, 5.41) is 11.0. The summed E-state index contributed by atoms with van der Waals surface area (Å²) >= 11 is 0. The van der Waals surface area contributed by atoms with E-state index in [4.69, 9.17) is 14.2 Å². The van der Waals surface area contributed by atoms with Crippen LogP contribution in [0.1, 0.15) is 16.1 Å². The number of anilines is 1. The average Bonchev–Trinajstić information content (AvgIpc) is 3.47. The molecule has 4 rings (SSSR count). The minimum Gasteiger partial charge on any atom is -0.493 e. The molecule has 0 saturated heterocycles. The number of carbonyl (C=O) groups excluding carboxylic acids is 1. The number of nitrogens with one attached hydrogen (secondary N) is 1. The Hall–Kier alpha value is -4.41. The second-order valence-corrected chi connectivity index (χ2v) is 6.86. The van der Waals surface area contributed by atoms with E-state index in [1.165, 1.54) is 42.0 Å². The lowest BCUT2D eigenvalue weighted by Crippen LogP contribution is -2.15. The number of hydrogen-bond donors (Lipinski definition) is 1. The Morgan fingerprint density at radius 3 is 2.52 bits per heavy atom. The maximum atomic E-state index is 13.3. The molecule has 0 fully saturated rings. The van der Waals surface area contributed by atoms with Crippen LogP contribution < -0.4 is 19.5 Å². The fourth-order valence-electron chi connectivity index (χ4n) is 3.06. The molecule has 170 valence electrons. The van der Waals surface area contributed by atoms with Gasteiger partial charge in [-0.1, -0.05) is 18.2 Å². The van der Waals surface area contributed by atoms with Gasteiger partial charge in [0, 0.05) is 6.20 Å². The number of para-hydroxylation sites is 1. The average molecular weight is 452 g/mol. The van der Waals surface area contributed by atoms with E-state index in [1.807, 2.05) is 0 Å². The zero-order valence-electron chi connectivity index (χ0n) is 17.9. The normalized spacial score (nSPS) is 10.6. The van der Waals surface area contributed by atoms with E-state index in [9.17, 15) is 9.18 Å². The number of amides is 1. The molecule has 11 heteroatoms. The van der Waals surface area contributed by atoms with Crippen LogP contribution in [0.4, 0.5) is 10.3 Å². The molecule has 33 heavy (non-hydrogen) atoms. The predicted octanol–water partition coefficient (Wildman–Crippen LogP) is 2.97.